The fraction of sp³-hybridized carbons (Fsp3) is 0.0769. The first-order chi connectivity index (χ1) is 6.34. The summed E-state index contributed by atoms with van der Waals surface area (Å²) in [5.74, 6) is 0. The van der Waals surface area contributed by atoms with Crippen LogP contribution in [0.3, 0.4) is 0 Å². The zero-order valence-corrected chi connectivity index (χ0v) is 7.54. The first-order valence-corrected chi connectivity index (χ1v) is 4.56. The van der Waals surface area contributed by atoms with Gasteiger partial charge in [-0.2, -0.15) is 0 Å². The van der Waals surface area contributed by atoms with E-state index in [0.717, 1.165) is 0 Å². The van der Waals surface area contributed by atoms with Gasteiger partial charge in [-0.15, -0.1) is 0 Å². The second-order valence-corrected chi connectivity index (χ2v) is 3.63. The summed E-state index contributed by atoms with van der Waals surface area (Å²) < 4.78 is 0. The Kier molecular flexibility index (Phi) is 1.18. The van der Waals surface area contributed by atoms with Crippen LogP contribution in [-0.4, -0.2) is 0 Å². The van der Waals surface area contributed by atoms with Crippen molar-refractivity contribution in [2.45, 2.75) is 6.92 Å². The summed E-state index contributed by atoms with van der Waals surface area (Å²) in [4.78, 5) is 0. The lowest BCUT2D eigenvalue weighted by molar-refractivity contribution is 1.50. The highest BCUT2D eigenvalue weighted by atomic mass is 14.1. The van der Waals surface area contributed by atoms with E-state index in [1.807, 2.05) is 0 Å². The predicted octanol–water partition coefficient (Wildman–Crippen LogP) is 3.63. The number of hydrogen-bond donors (Lipinski definition) is 0. The molecule has 13 heavy (non-hydrogen) atoms. The third-order valence-electron chi connectivity index (χ3n) is 2.63. The molecule has 2 aromatic carbocycles. The van der Waals surface area contributed by atoms with Gasteiger partial charge in [0.25, 0.3) is 0 Å². The molecule has 0 heterocycles. The third kappa shape index (κ3) is 0.858. The molecule has 0 fully saturated rings. The maximum atomic E-state index is 2.25. The highest BCUT2D eigenvalue weighted by Crippen LogP contribution is 2.31. The molecule has 0 amide bonds. The van der Waals surface area contributed by atoms with Crippen molar-refractivity contribution in [3.63, 3.8) is 0 Å². The minimum atomic E-state index is 1.34. The molecular formula is C13H10. The number of rotatable bonds is 0. The molecule has 0 heteroatoms. The van der Waals surface area contributed by atoms with Crippen molar-refractivity contribution in [2.24, 2.45) is 0 Å². The Morgan fingerprint density at radius 2 is 1.77 bits per heavy atom. The first kappa shape index (κ1) is 6.90. The summed E-state index contributed by atoms with van der Waals surface area (Å²) in [6.45, 7) is 2.15. The fourth-order valence-electron chi connectivity index (χ4n) is 2.10. The molecule has 0 aromatic heterocycles. The lowest BCUT2D eigenvalue weighted by Gasteiger charge is -2.02. The Morgan fingerprint density at radius 1 is 0.923 bits per heavy atom. The van der Waals surface area contributed by atoms with Crippen LogP contribution in [0.4, 0.5) is 0 Å². The molecule has 2 aromatic rings. The van der Waals surface area contributed by atoms with E-state index >= 15 is 0 Å². The summed E-state index contributed by atoms with van der Waals surface area (Å²) in [5, 5.41) is 2.77. The maximum Gasteiger partial charge on any atom is -0.00387 e. The molecule has 0 aliphatic heterocycles. The Bertz CT molecular complexity index is 519. The molecule has 0 spiro atoms. The molecule has 0 unspecified atom stereocenters. The van der Waals surface area contributed by atoms with Gasteiger partial charge in [-0.05, 0) is 34.4 Å². The Labute approximate surface area is 77.5 Å². The smallest absolute Gasteiger partial charge is 0.00387 e. The van der Waals surface area contributed by atoms with Gasteiger partial charge < -0.3 is 0 Å². The van der Waals surface area contributed by atoms with Crippen molar-refractivity contribution in [1.29, 1.82) is 0 Å². The van der Waals surface area contributed by atoms with Crippen molar-refractivity contribution >= 4 is 22.9 Å². The third-order valence-corrected chi connectivity index (χ3v) is 2.63. The van der Waals surface area contributed by atoms with E-state index < -0.39 is 0 Å². The van der Waals surface area contributed by atoms with E-state index in [1.165, 1.54) is 27.5 Å². The number of benzene rings is 2. The van der Waals surface area contributed by atoms with Crippen molar-refractivity contribution < 1.29 is 0 Å². The molecule has 1 aliphatic carbocycles. The van der Waals surface area contributed by atoms with Gasteiger partial charge in [0.05, 0.1) is 0 Å². The fourth-order valence-corrected chi connectivity index (χ4v) is 2.10. The predicted molar refractivity (Wildman–Crippen MR) is 57.6 cm³/mol. The highest BCUT2D eigenvalue weighted by molar-refractivity contribution is 6.04. The second-order valence-electron chi connectivity index (χ2n) is 3.63. The zero-order chi connectivity index (χ0) is 8.84. The Balaban J connectivity index is 2.59. The summed E-state index contributed by atoms with van der Waals surface area (Å²) >= 11 is 0. The van der Waals surface area contributed by atoms with Gasteiger partial charge in [-0.1, -0.05) is 42.5 Å². The summed E-state index contributed by atoms with van der Waals surface area (Å²) in [7, 11) is 0. The number of aryl methyl sites for hydroxylation is 1. The molecule has 0 atom stereocenters. The molecule has 62 valence electrons. The first-order valence-electron chi connectivity index (χ1n) is 4.56. The van der Waals surface area contributed by atoms with Gasteiger partial charge in [0.15, 0.2) is 0 Å². The lowest BCUT2D eigenvalue weighted by Crippen LogP contribution is -1.80. The minimum Gasteiger partial charge on any atom is -0.0610 e. The lowest BCUT2D eigenvalue weighted by atomic mass is 10.0. The SMILES string of the molecule is Cc1cc2c3c(cccc3c1)C=C2. The van der Waals surface area contributed by atoms with Crippen LogP contribution in [0, 0.1) is 6.92 Å². The zero-order valence-electron chi connectivity index (χ0n) is 7.54. The van der Waals surface area contributed by atoms with E-state index in [4.69, 9.17) is 0 Å². The molecule has 0 N–H and O–H groups in total. The summed E-state index contributed by atoms with van der Waals surface area (Å²) in [6.07, 6.45) is 4.39. The molecular weight excluding hydrogens is 156 g/mol. The van der Waals surface area contributed by atoms with E-state index in [9.17, 15) is 0 Å². The topological polar surface area (TPSA) is 0 Å². The second kappa shape index (κ2) is 2.23. The molecule has 0 radical (unpaired) electrons. The van der Waals surface area contributed by atoms with Crippen LogP contribution in [0.5, 0.6) is 0 Å². The van der Waals surface area contributed by atoms with Crippen LogP contribution in [-0.2, 0) is 0 Å². The molecule has 0 nitrogen and oxygen atoms in total. The molecule has 0 saturated heterocycles. The normalized spacial score (nSPS) is 12.7. The van der Waals surface area contributed by atoms with Crippen LogP contribution in [0.1, 0.15) is 16.7 Å². The van der Waals surface area contributed by atoms with Gasteiger partial charge in [0.2, 0.25) is 0 Å². The quantitative estimate of drug-likeness (QED) is 0.478. The average Bonchev–Trinajstić information content (AvgIpc) is 2.50. The largest absolute Gasteiger partial charge is 0.0610 e. The van der Waals surface area contributed by atoms with Crippen LogP contribution in [0.2, 0.25) is 0 Å². The van der Waals surface area contributed by atoms with E-state index in [-0.39, 0.29) is 0 Å². The van der Waals surface area contributed by atoms with Crippen LogP contribution >= 0.6 is 0 Å². The van der Waals surface area contributed by atoms with Gasteiger partial charge in [-0.3, -0.25) is 0 Å². The number of hydrogen-bond acceptors (Lipinski definition) is 0. The highest BCUT2D eigenvalue weighted by Gasteiger charge is 2.08. The summed E-state index contributed by atoms with van der Waals surface area (Å²) in [5.41, 5.74) is 4.06. The Morgan fingerprint density at radius 3 is 2.69 bits per heavy atom. The molecule has 0 saturated carbocycles. The van der Waals surface area contributed by atoms with Crippen LogP contribution in [0.15, 0.2) is 30.3 Å². The maximum absolute atomic E-state index is 2.25. The van der Waals surface area contributed by atoms with E-state index in [2.05, 4.69) is 49.4 Å². The van der Waals surface area contributed by atoms with Crippen LogP contribution < -0.4 is 0 Å². The standard InChI is InChI=1S/C13H10/c1-9-7-11-4-2-3-10-5-6-12(8-9)13(10)11/h2-8H,1H3. The molecule has 3 rings (SSSR count). The molecule has 0 bridgehead atoms. The summed E-state index contributed by atoms with van der Waals surface area (Å²) in [6, 6.07) is 11.0. The van der Waals surface area contributed by atoms with Gasteiger partial charge >= 0.3 is 0 Å². The minimum absolute atomic E-state index is 1.34. The van der Waals surface area contributed by atoms with Crippen molar-refractivity contribution in [3.05, 3.63) is 47.0 Å². The van der Waals surface area contributed by atoms with E-state index in [0.29, 0.717) is 0 Å². The van der Waals surface area contributed by atoms with Crippen molar-refractivity contribution in [3.8, 4) is 0 Å². The van der Waals surface area contributed by atoms with Crippen molar-refractivity contribution in [1.82, 2.24) is 0 Å². The van der Waals surface area contributed by atoms with Gasteiger partial charge in [-0.25, -0.2) is 0 Å². The monoisotopic (exact) mass is 166 g/mol. The average molecular weight is 166 g/mol. The van der Waals surface area contributed by atoms with Crippen LogP contribution in [0.25, 0.3) is 22.9 Å². The Hall–Kier alpha value is -1.56. The van der Waals surface area contributed by atoms with Gasteiger partial charge in [0.1, 0.15) is 0 Å². The van der Waals surface area contributed by atoms with E-state index in [1.54, 1.807) is 0 Å². The molecule has 1 aliphatic rings. The van der Waals surface area contributed by atoms with Gasteiger partial charge in [0, 0.05) is 0 Å². The van der Waals surface area contributed by atoms with Crippen molar-refractivity contribution in [2.75, 3.05) is 0 Å².